The minimum absolute atomic E-state index is 0.0317. The third-order valence-corrected chi connectivity index (χ3v) is 6.37. The van der Waals surface area contributed by atoms with Crippen molar-refractivity contribution in [3.63, 3.8) is 0 Å². The van der Waals surface area contributed by atoms with Crippen LogP contribution in [-0.2, 0) is 0 Å². The van der Waals surface area contributed by atoms with Gasteiger partial charge in [-0.2, -0.15) is 5.26 Å². The Morgan fingerprint density at radius 1 is 1.00 bits per heavy atom. The molecule has 3 heterocycles. The molecule has 6 nitrogen and oxygen atoms in total. The Kier molecular flexibility index (Phi) is 6.48. The van der Waals surface area contributed by atoms with Crippen LogP contribution in [0.3, 0.4) is 0 Å². The lowest BCUT2D eigenvalue weighted by atomic mass is 9.86. The summed E-state index contributed by atoms with van der Waals surface area (Å²) >= 11 is 0. The molecule has 0 spiro atoms. The largest absolute Gasteiger partial charge is 0.357 e. The van der Waals surface area contributed by atoms with Gasteiger partial charge in [-0.05, 0) is 55.9 Å². The van der Waals surface area contributed by atoms with Crippen molar-refractivity contribution in [3.05, 3.63) is 54.2 Å². The molecule has 0 radical (unpaired) electrons. The molecule has 2 amide bonds. The lowest BCUT2D eigenvalue weighted by Crippen LogP contribution is -2.49. The fraction of sp³-hybridized carbons (Fsp3) is 0.458. The van der Waals surface area contributed by atoms with Crippen molar-refractivity contribution in [2.45, 2.75) is 44.6 Å². The van der Waals surface area contributed by atoms with Crippen LogP contribution in [0.4, 0.5) is 16.3 Å². The van der Waals surface area contributed by atoms with Gasteiger partial charge in [0.1, 0.15) is 11.9 Å². The maximum atomic E-state index is 13.1. The highest BCUT2D eigenvalue weighted by Crippen LogP contribution is 2.31. The van der Waals surface area contributed by atoms with E-state index in [2.05, 4.69) is 26.2 Å². The molecule has 2 aliphatic heterocycles. The molecule has 2 aliphatic rings. The van der Waals surface area contributed by atoms with Crippen LogP contribution in [-0.4, -0.2) is 41.6 Å². The third kappa shape index (κ3) is 4.73. The number of urea groups is 1. The van der Waals surface area contributed by atoms with Gasteiger partial charge in [-0.25, -0.2) is 9.78 Å². The van der Waals surface area contributed by atoms with Crippen LogP contribution in [0.15, 0.2) is 48.7 Å². The molecule has 2 aromatic rings. The molecule has 2 fully saturated rings. The van der Waals surface area contributed by atoms with Crippen molar-refractivity contribution < 1.29 is 4.79 Å². The number of nitrogens with zero attached hydrogens (tertiary/aromatic N) is 4. The summed E-state index contributed by atoms with van der Waals surface area (Å²) in [5, 5.41) is 12.1. The highest BCUT2D eigenvalue weighted by atomic mass is 16.2. The van der Waals surface area contributed by atoms with Crippen molar-refractivity contribution in [3.8, 4) is 6.07 Å². The Hall–Kier alpha value is -3.07. The number of hydrogen-bond donors (Lipinski definition) is 1. The Bertz CT molecular complexity index is 869. The Balaban J connectivity index is 1.40. The number of piperidine rings is 1. The van der Waals surface area contributed by atoms with E-state index in [9.17, 15) is 4.79 Å². The molecular formula is C24H29N5O. The Labute approximate surface area is 178 Å². The molecule has 6 heteroatoms. The molecule has 1 aromatic heterocycles. The zero-order valence-electron chi connectivity index (χ0n) is 17.3. The number of carbonyl (C=O) groups excluding carboxylic acids is 1. The molecular weight excluding hydrogens is 374 g/mol. The number of carbonyl (C=O) groups is 1. The summed E-state index contributed by atoms with van der Waals surface area (Å²) in [6.45, 7) is 2.71. The van der Waals surface area contributed by atoms with Crippen LogP contribution in [0.2, 0.25) is 0 Å². The lowest BCUT2D eigenvalue weighted by molar-refractivity contribution is 0.146. The van der Waals surface area contributed by atoms with Crippen LogP contribution < -0.4 is 10.2 Å². The zero-order chi connectivity index (χ0) is 20.8. The minimum Gasteiger partial charge on any atom is -0.357 e. The van der Waals surface area contributed by atoms with E-state index in [0.29, 0.717) is 17.5 Å². The van der Waals surface area contributed by atoms with Gasteiger partial charge >= 0.3 is 6.03 Å². The van der Waals surface area contributed by atoms with Gasteiger partial charge in [0.2, 0.25) is 0 Å². The molecule has 30 heavy (non-hydrogen) atoms. The van der Waals surface area contributed by atoms with Gasteiger partial charge in [-0.1, -0.05) is 31.0 Å². The first-order chi connectivity index (χ1) is 14.7. The van der Waals surface area contributed by atoms with Crippen LogP contribution >= 0.6 is 0 Å². The van der Waals surface area contributed by atoms with Gasteiger partial charge < -0.3 is 15.1 Å². The van der Waals surface area contributed by atoms with E-state index in [0.717, 1.165) is 56.8 Å². The molecule has 156 valence electrons. The normalized spacial score (nSPS) is 20.3. The number of hydrogen-bond acceptors (Lipinski definition) is 4. The summed E-state index contributed by atoms with van der Waals surface area (Å²) in [5.74, 6) is 1.45. The van der Waals surface area contributed by atoms with Crippen molar-refractivity contribution >= 4 is 17.5 Å². The lowest BCUT2D eigenvalue weighted by Gasteiger charge is -2.41. The number of nitriles is 1. The average Bonchev–Trinajstić information content (AvgIpc) is 3.06. The standard InChI is InChI=1S/C24H29N5O/c25-17-19-10-11-23(26-18-19)28-15-12-20(13-16-28)22-9-5-2-6-14-29(22)24(30)27-21-7-3-1-4-8-21/h1,3-4,7-8,10-11,18,20,22H,2,5-6,9,12-16H2,(H,27,30)/t22-/m0/s1. The Morgan fingerprint density at radius 3 is 2.50 bits per heavy atom. The summed E-state index contributed by atoms with van der Waals surface area (Å²) in [4.78, 5) is 21.9. The number of nitrogens with one attached hydrogen (secondary N) is 1. The number of amides is 2. The first-order valence-corrected chi connectivity index (χ1v) is 11.0. The van der Waals surface area contributed by atoms with Crippen LogP contribution in [0.25, 0.3) is 0 Å². The van der Waals surface area contributed by atoms with Crippen LogP contribution in [0.1, 0.15) is 44.1 Å². The molecule has 0 unspecified atom stereocenters. The summed E-state index contributed by atoms with van der Waals surface area (Å²) in [7, 11) is 0. The number of benzene rings is 1. The molecule has 0 aliphatic carbocycles. The maximum absolute atomic E-state index is 13.1. The second kappa shape index (κ2) is 9.62. The van der Waals surface area contributed by atoms with Crippen LogP contribution in [0.5, 0.6) is 0 Å². The number of anilines is 2. The minimum atomic E-state index is 0.0317. The summed E-state index contributed by atoms with van der Waals surface area (Å²) < 4.78 is 0. The van der Waals surface area contributed by atoms with Gasteiger partial charge in [0.05, 0.1) is 5.56 Å². The second-order valence-electron chi connectivity index (χ2n) is 8.25. The van der Waals surface area contributed by atoms with Gasteiger partial charge in [0.15, 0.2) is 0 Å². The Morgan fingerprint density at radius 2 is 1.80 bits per heavy atom. The molecule has 1 N–H and O–H groups in total. The highest BCUT2D eigenvalue weighted by Gasteiger charge is 2.34. The van der Waals surface area contributed by atoms with E-state index < -0.39 is 0 Å². The van der Waals surface area contributed by atoms with E-state index in [-0.39, 0.29) is 6.03 Å². The van der Waals surface area contributed by atoms with E-state index in [1.165, 1.54) is 12.8 Å². The topological polar surface area (TPSA) is 72.3 Å². The third-order valence-electron chi connectivity index (χ3n) is 6.37. The molecule has 0 bridgehead atoms. The first-order valence-electron chi connectivity index (χ1n) is 11.0. The maximum Gasteiger partial charge on any atom is 0.322 e. The van der Waals surface area contributed by atoms with E-state index in [1.54, 1.807) is 6.20 Å². The van der Waals surface area contributed by atoms with Gasteiger partial charge in [-0.3, -0.25) is 0 Å². The fourth-order valence-corrected chi connectivity index (χ4v) is 4.75. The predicted octanol–water partition coefficient (Wildman–Crippen LogP) is 4.65. The van der Waals surface area contributed by atoms with Gasteiger partial charge in [0, 0.05) is 37.6 Å². The van der Waals surface area contributed by atoms with Crippen molar-refractivity contribution in [2.24, 2.45) is 5.92 Å². The van der Waals surface area contributed by atoms with Crippen molar-refractivity contribution in [2.75, 3.05) is 29.9 Å². The quantitative estimate of drug-likeness (QED) is 0.810. The SMILES string of the molecule is N#Cc1ccc(N2CCC([C@@H]3CCCCCN3C(=O)Nc3ccccc3)CC2)nc1. The fourth-order valence-electron chi connectivity index (χ4n) is 4.75. The number of rotatable bonds is 3. The zero-order valence-corrected chi connectivity index (χ0v) is 17.3. The van der Waals surface area contributed by atoms with Crippen LogP contribution in [0, 0.1) is 17.2 Å². The number of likely N-dealkylation sites (tertiary alicyclic amines) is 1. The summed E-state index contributed by atoms with van der Waals surface area (Å²) in [5.41, 5.74) is 1.44. The van der Waals surface area contributed by atoms with E-state index >= 15 is 0 Å². The van der Waals surface area contributed by atoms with Gasteiger partial charge in [0.25, 0.3) is 0 Å². The smallest absolute Gasteiger partial charge is 0.322 e. The van der Waals surface area contributed by atoms with Crippen molar-refractivity contribution in [1.29, 1.82) is 5.26 Å². The average molecular weight is 404 g/mol. The van der Waals surface area contributed by atoms with Crippen molar-refractivity contribution in [1.82, 2.24) is 9.88 Å². The second-order valence-corrected chi connectivity index (χ2v) is 8.25. The highest BCUT2D eigenvalue weighted by molar-refractivity contribution is 5.89. The molecule has 0 saturated carbocycles. The molecule has 1 aromatic carbocycles. The monoisotopic (exact) mass is 403 g/mol. The predicted molar refractivity (Wildman–Crippen MR) is 118 cm³/mol. The first kappa shape index (κ1) is 20.2. The number of pyridine rings is 1. The van der Waals surface area contributed by atoms with E-state index in [1.807, 2.05) is 42.5 Å². The van der Waals surface area contributed by atoms with Gasteiger partial charge in [-0.15, -0.1) is 0 Å². The molecule has 4 rings (SSSR count). The molecule has 1 atom stereocenters. The summed E-state index contributed by atoms with van der Waals surface area (Å²) in [6.07, 6.45) is 8.30. The number of aromatic nitrogens is 1. The van der Waals surface area contributed by atoms with E-state index in [4.69, 9.17) is 5.26 Å². The number of para-hydroxylation sites is 1. The summed E-state index contributed by atoms with van der Waals surface area (Å²) in [6, 6.07) is 15.9. The molecule has 2 saturated heterocycles.